The summed E-state index contributed by atoms with van der Waals surface area (Å²) in [5.41, 5.74) is 3.29. The predicted molar refractivity (Wildman–Crippen MR) is 132 cm³/mol. The summed E-state index contributed by atoms with van der Waals surface area (Å²) in [5.74, 6) is -0.456. The standard InChI is InChI=1S/C26H27N3O4S/c1-16(2)27-25(31)22-23(33-26(32)29(22)15-18-7-4-6-17(3)14-18)19-9-11-20(12-10-19)28-24(30)21-8-5-13-34-21/h4-14,16,22-23H,15H2,1-3H3,(H,27,31)(H,28,30)/t22-,23-/m0/s1. The molecule has 8 heteroatoms. The number of carbonyl (C=O) groups is 3. The van der Waals surface area contributed by atoms with Crippen LogP contribution in [0.25, 0.3) is 0 Å². The van der Waals surface area contributed by atoms with Crippen molar-refractivity contribution in [2.75, 3.05) is 5.32 Å². The van der Waals surface area contributed by atoms with E-state index in [1.165, 1.54) is 16.2 Å². The molecule has 0 saturated carbocycles. The van der Waals surface area contributed by atoms with E-state index in [9.17, 15) is 14.4 Å². The Hall–Kier alpha value is -3.65. The molecular formula is C26H27N3O4S. The van der Waals surface area contributed by atoms with Gasteiger partial charge in [0, 0.05) is 11.7 Å². The van der Waals surface area contributed by atoms with E-state index in [2.05, 4.69) is 10.6 Å². The zero-order chi connectivity index (χ0) is 24.2. The average molecular weight is 478 g/mol. The summed E-state index contributed by atoms with van der Waals surface area (Å²) in [6.07, 6.45) is -1.30. The monoisotopic (exact) mass is 477 g/mol. The number of rotatable bonds is 7. The smallest absolute Gasteiger partial charge is 0.411 e. The lowest BCUT2D eigenvalue weighted by molar-refractivity contribution is -0.126. The van der Waals surface area contributed by atoms with E-state index >= 15 is 0 Å². The maximum absolute atomic E-state index is 13.2. The van der Waals surface area contributed by atoms with E-state index in [-0.39, 0.29) is 24.4 Å². The quantitative estimate of drug-likeness (QED) is 0.507. The van der Waals surface area contributed by atoms with Gasteiger partial charge in [-0.2, -0.15) is 0 Å². The lowest BCUT2D eigenvalue weighted by Gasteiger charge is -2.25. The van der Waals surface area contributed by atoms with Crippen molar-refractivity contribution in [1.82, 2.24) is 10.2 Å². The first-order valence-electron chi connectivity index (χ1n) is 11.1. The second-order valence-electron chi connectivity index (χ2n) is 8.58. The number of hydrogen-bond acceptors (Lipinski definition) is 5. The van der Waals surface area contributed by atoms with Gasteiger partial charge in [0.1, 0.15) is 0 Å². The Kier molecular flexibility index (Phi) is 6.98. The van der Waals surface area contributed by atoms with Gasteiger partial charge < -0.3 is 15.4 Å². The van der Waals surface area contributed by atoms with Crippen LogP contribution < -0.4 is 10.6 Å². The Bertz CT molecular complexity index is 1180. The van der Waals surface area contributed by atoms with Crippen LogP contribution in [0.4, 0.5) is 10.5 Å². The molecule has 176 valence electrons. The first-order chi connectivity index (χ1) is 16.3. The van der Waals surface area contributed by atoms with E-state index in [1.54, 1.807) is 30.3 Å². The van der Waals surface area contributed by atoms with Crippen molar-refractivity contribution in [3.63, 3.8) is 0 Å². The van der Waals surface area contributed by atoms with Crippen LogP contribution in [-0.4, -0.2) is 34.9 Å². The van der Waals surface area contributed by atoms with E-state index in [0.717, 1.165) is 11.1 Å². The maximum atomic E-state index is 13.2. The fraction of sp³-hybridized carbons (Fsp3) is 0.269. The third kappa shape index (κ3) is 5.28. The predicted octanol–water partition coefficient (Wildman–Crippen LogP) is 4.90. The molecule has 34 heavy (non-hydrogen) atoms. The number of thiophene rings is 1. The van der Waals surface area contributed by atoms with Crippen LogP contribution in [0.1, 0.15) is 46.3 Å². The second kappa shape index (κ2) is 10.1. The lowest BCUT2D eigenvalue weighted by Crippen LogP contribution is -2.48. The van der Waals surface area contributed by atoms with E-state index in [4.69, 9.17) is 4.74 Å². The number of nitrogens with one attached hydrogen (secondary N) is 2. The Morgan fingerprint density at radius 2 is 1.85 bits per heavy atom. The molecule has 0 aliphatic carbocycles. The molecule has 2 heterocycles. The largest absolute Gasteiger partial charge is 0.438 e. The first-order valence-corrected chi connectivity index (χ1v) is 12.0. The topological polar surface area (TPSA) is 87.7 Å². The number of nitrogens with zero attached hydrogens (tertiary/aromatic N) is 1. The van der Waals surface area contributed by atoms with Crippen molar-refractivity contribution >= 4 is 34.9 Å². The molecule has 0 radical (unpaired) electrons. The van der Waals surface area contributed by atoms with Gasteiger partial charge in [-0.25, -0.2) is 4.79 Å². The van der Waals surface area contributed by atoms with Gasteiger partial charge in [0.2, 0.25) is 5.91 Å². The highest BCUT2D eigenvalue weighted by Gasteiger charge is 2.47. The van der Waals surface area contributed by atoms with Crippen LogP contribution in [0, 0.1) is 6.92 Å². The number of anilines is 1. The van der Waals surface area contributed by atoms with Gasteiger partial charge >= 0.3 is 6.09 Å². The molecule has 2 N–H and O–H groups in total. The average Bonchev–Trinajstić information content (AvgIpc) is 3.43. The molecule has 1 aliphatic rings. The minimum absolute atomic E-state index is 0.0838. The number of carbonyl (C=O) groups excluding carboxylic acids is 3. The summed E-state index contributed by atoms with van der Waals surface area (Å²) in [6, 6.07) is 17.5. The van der Waals surface area contributed by atoms with Gasteiger partial charge in [-0.05, 0) is 55.5 Å². The normalized spacial score (nSPS) is 17.5. The van der Waals surface area contributed by atoms with Gasteiger partial charge in [-0.15, -0.1) is 11.3 Å². The van der Waals surface area contributed by atoms with Crippen LogP contribution in [-0.2, 0) is 16.1 Å². The van der Waals surface area contributed by atoms with Crippen LogP contribution >= 0.6 is 11.3 Å². The highest BCUT2D eigenvalue weighted by atomic mass is 32.1. The molecule has 1 aliphatic heterocycles. The Balaban J connectivity index is 1.57. The van der Waals surface area contributed by atoms with Crippen molar-refractivity contribution in [2.45, 2.75) is 45.5 Å². The third-order valence-corrected chi connectivity index (χ3v) is 6.33. The maximum Gasteiger partial charge on any atom is 0.411 e. The number of cyclic esters (lactones) is 1. The molecule has 3 aromatic rings. The van der Waals surface area contributed by atoms with Crippen molar-refractivity contribution < 1.29 is 19.1 Å². The molecule has 0 unspecified atom stereocenters. The summed E-state index contributed by atoms with van der Waals surface area (Å²) in [7, 11) is 0. The SMILES string of the molecule is Cc1cccc(CN2C(=O)O[C@@H](c3ccc(NC(=O)c4cccs4)cc3)[C@H]2C(=O)NC(C)C)c1. The zero-order valence-corrected chi connectivity index (χ0v) is 20.1. The summed E-state index contributed by atoms with van der Waals surface area (Å²) in [6.45, 7) is 6.00. The molecular weight excluding hydrogens is 450 g/mol. The highest BCUT2D eigenvalue weighted by molar-refractivity contribution is 7.12. The molecule has 7 nitrogen and oxygen atoms in total. The number of ether oxygens (including phenoxy) is 1. The van der Waals surface area contributed by atoms with E-state index < -0.39 is 18.2 Å². The molecule has 2 atom stereocenters. The summed E-state index contributed by atoms with van der Waals surface area (Å²) in [5, 5.41) is 7.61. The van der Waals surface area contributed by atoms with Crippen molar-refractivity contribution in [3.8, 4) is 0 Å². The summed E-state index contributed by atoms with van der Waals surface area (Å²) in [4.78, 5) is 40.4. The molecule has 1 fully saturated rings. The number of hydrogen-bond donors (Lipinski definition) is 2. The van der Waals surface area contributed by atoms with Gasteiger partial charge in [-0.3, -0.25) is 14.5 Å². The summed E-state index contributed by atoms with van der Waals surface area (Å²) < 4.78 is 5.70. The van der Waals surface area contributed by atoms with Crippen LogP contribution in [0.15, 0.2) is 66.0 Å². The first kappa shape index (κ1) is 23.5. The van der Waals surface area contributed by atoms with Crippen molar-refractivity contribution in [2.24, 2.45) is 0 Å². The molecule has 3 amide bonds. The van der Waals surface area contributed by atoms with E-state index in [1.807, 2.05) is 56.5 Å². The molecule has 1 aromatic heterocycles. The van der Waals surface area contributed by atoms with E-state index in [0.29, 0.717) is 16.1 Å². The minimum Gasteiger partial charge on any atom is -0.438 e. The van der Waals surface area contributed by atoms with Crippen LogP contribution in [0.5, 0.6) is 0 Å². The third-order valence-electron chi connectivity index (χ3n) is 5.46. The molecule has 0 bridgehead atoms. The number of amides is 3. The van der Waals surface area contributed by atoms with Crippen molar-refractivity contribution in [1.29, 1.82) is 0 Å². The van der Waals surface area contributed by atoms with Gasteiger partial charge in [0.15, 0.2) is 12.1 Å². The molecule has 0 spiro atoms. The van der Waals surface area contributed by atoms with Gasteiger partial charge in [0.05, 0.1) is 11.4 Å². The zero-order valence-electron chi connectivity index (χ0n) is 19.3. The minimum atomic E-state index is -0.818. The lowest BCUT2D eigenvalue weighted by atomic mass is 10.00. The highest BCUT2D eigenvalue weighted by Crippen LogP contribution is 2.34. The van der Waals surface area contributed by atoms with Crippen molar-refractivity contribution in [3.05, 3.63) is 87.6 Å². The van der Waals surface area contributed by atoms with Gasteiger partial charge in [0.25, 0.3) is 5.91 Å². The number of aryl methyl sites for hydroxylation is 1. The molecule has 1 saturated heterocycles. The summed E-state index contributed by atoms with van der Waals surface area (Å²) >= 11 is 1.36. The van der Waals surface area contributed by atoms with Crippen LogP contribution in [0.2, 0.25) is 0 Å². The fourth-order valence-electron chi connectivity index (χ4n) is 3.94. The Morgan fingerprint density at radius 3 is 2.50 bits per heavy atom. The number of benzene rings is 2. The second-order valence-corrected chi connectivity index (χ2v) is 9.53. The molecule has 4 rings (SSSR count). The fourth-order valence-corrected chi connectivity index (χ4v) is 4.56. The molecule has 2 aromatic carbocycles. The Labute approximate surface area is 202 Å². The van der Waals surface area contributed by atoms with Crippen LogP contribution in [0.3, 0.4) is 0 Å². The van der Waals surface area contributed by atoms with Gasteiger partial charge in [-0.1, -0.05) is 48.0 Å². The Morgan fingerprint density at radius 1 is 1.09 bits per heavy atom.